The molecule has 0 radical (unpaired) electrons. The second-order valence-electron chi connectivity index (χ2n) is 8.12. The molecular weight excluding hydrogens is 346 g/mol. The second kappa shape index (κ2) is 5.86. The van der Waals surface area contributed by atoms with Crippen LogP contribution in [0.25, 0.3) is 10.8 Å². The monoisotopic (exact) mass is 369 g/mol. The highest BCUT2D eigenvalue weighted by atomic mass is 35.5. The van der Waals surface area contributed by atoms with Crippen LogP contribution in [-0.2, 0) is 6.54 Å². The van der Waals surface area contributed by atoms with Crippen LogP contribution in [-0.4, -0.2) is 40.9 Å². The van der Waals surface area contributed by atoms with Crippen molar-refractivity contribution >= 4 is 34.0 Å². The number of rotatable bonds is 1. The molecule has 1 amide bonds. The number of nitrogens with zero attached hydrogens (tertiary/aromatic N) is 2. The lowest BCUT2D eigenvalue weighted by Gasteiger charge is -2.50. The lowest BCUT2D eigenvalue weighted by Crippen LogP contribution is -2.56. The SMILES string of the molecule is CN1[C@@H]2CCC[C@H]1C[C@H](N1Cc3cccc4c(N)c(Cl)cc(c34)C1=O)C2. The van der Waals surface area contributed by atoms with Gasteiger partial charge in [-0.3, -0.25) is 4.79 Å². The summed E-state index contributed by atoms with van der Waals surface area (Å²) in [5.74, 6) is 0.114. The van der Waals surface area contributed by atoms with Crippen molar-refractivity contribution in [3.05, 3.63) is 40.4 Å². The molecule has 5 heteroatoms. The van der Waals surface area contributed by atoms with Crippen molar-refractivity contribution in [2.45, 2.75) is 56.8 Å². The predicted molar refractivity (Wildman–Crippen MR) is 105 cm³/mol. The van der Waals surface area contributed by atoms with Crippen LogP contribution in [0.3, 0.4) is 0 Å². The van der Waals surface area contributed by atoms with Crippen molar-refractivity contribution in [3.63, 3.8) is 0 Å². The predicted octanol–water partition coefficient (Wildman–Crippen LogP) is 4.05. The summed E-state index contributed by atoms with van der Waals surface area (Å²) < 4.78 is 0. The Hall–Kier alpha value is -1.78. The maximum Gasteiger partial charge on any atom is 0.255 e. The van der Waals surface area contributed by atoms with Gasteiger partial charge in [0, 0.05) is 41.0 Å². The van der Waals surface area contributed by atoms with E-state index < -0.39 is 0 Å². The lowest BCUT2D eigenvalue weighted by atomic mass is 9.80. The molecule has 0 saturated carbocycles. The van der Waals surface area contributed by atoms with E-state index in [0.717, 1.165) is 23.6 Å². The van der Waals surface area contributed by atoms with Gasteiger partial charge in [-0.15, -0.1) is 0 Å². The van der Waals surface area contributed by atoms with Crippen LogP contribution in [0, 0.1) is 0 Å². The lowest BCUT2D eigenvalue weighted by molar-refractivity contribution is 0.00750. The van der Waals surface area contributed by atoms with E-state index in [1.54, 1.807) is 6.07 Å². The second-order valence-corrected chi connectivity index (χ2v) is 8.53. The molecule has 0 spiro atoms. The summed E-state index contributed by atoms with van der Waals surface area (Å²) in [5.41, 5.74) is 8.64. The van der Waals surface area contributed by atoms with Crippen molar-refractivity contribution in [3.8, 4) is 0 Å². The van der Waals surface area contributed by atoms with E-state index in [1.165, 1.54) is 24.8 Å². The summed E-state index contributed by atoms with van der Waals surface area (Å²) in [6.07, 6.45) is 5.97. The zero-order valence-electron chi connectivity index (χ0n) is 15.0. The number of hydrogen-bond donors (Lipinski definition) is 1. The van der Waals surface area contributed by atoms with E-state index in [2.05, 4.69) is 22.9 Å². The summed E-state index contributed by atoms with van der Waals surface area (Å²) >= 11 is 6.34. The molecule has 3 atom stereocenters. The number of carbonyl (C=O) groups excluding carboxylic acids is 1. The normalized spacial score (nSPS) is 28.6. The molecule has 2 aromatic rings. The van der Waals surface area contributed by atoms with E-state index in [1.807, 2.05) is 12.1 Å². The minimum Gasteiger partial charge on any atom is -0.397 e. The van der Waals surface area contributed by atoms with Crippen LogP contribution in [0.5, 0.6) is 0 Å². The van der Waals surface area contributed by atoms with Crippen molar-refractivity contribution in [2.75, 3.05) is 12.8 Å². The van der Waals surface area contributed by atoms with Gasteiger partial charge in [-0.25, -0.2) is 0 Å². The number of nitrogens with two attached hydrogens (primary N) is 1. The quantitative estimate of drug-likeness (QED) is 0.771. The largest absolute Gasteiger partial charge is 0.397 e. The van der Waals surface area contributed by atoms with Crippen molar-refractivity contribution in [2.24, 2.45) is 0 Å². The van der Waals surface area contributed by atoms with E-state index >= 15 is 0 Å². The fraction of sp³-hybridized carbons (Fsp3) is 0.476. The molecule has 2 aromatic carbocycles. The van der Waals surface area contributed by atoms with Crippen LogP contribution >= 0.6 is 11.6 Å². The third-order valence-corrected chi connectivity index (χ3v) is 7.14. The standard InChI is InChI=1S/C21H24ClN3O/c1-24-13-5-3-6-14(24)9-15(8-13)25-11-12-4-2-7-16-19(12)17(21(25)26)10-18(22)20(16)23/h2,4,7,10,13-15H,3,5-6,8-9,11,23H2,1H3/t13-,14+,15-. The molecular formula is C21H24ClN3O. The molecule has 3 aliphatic rings. The summed E-state index contributed by atoms with van der Waals surface area (Å²) in [4.78, 5) is 18.0. The Bertz CT molecular complexity index is 898. The van der Waals surface area contributed by atoms with Crippen molar-refractivity contribution < 1.29 is 4.79 Å². The molecule has 2 saturated heterocycles. The first-order valence-electron chi connectivity index (χ1n) is 9.57. The van der Waals surface area contributed by atoms with Gasteiger partial charge in [0.05, 0.1) is 10.7 Å². The molecule has 3 heterocycles. The number of nitrogen functional groups attached to an aromatic ring is 1. The van der Waals surface area contributed by atoms with E-state index in [9.17, 15) is 4.79 Å². The Morgan fingerprint density at radius 2 is 1.88 bits per heavy atom. The number of hydrogen-bond acceptors (Lipinski definition) is 3. The minimum atomic E-state index is 0.114. The molecule has 2 fully saturated rings. The van der Waals surface area contributed by atoms with Crippen LogP contribution in [0.4, 0.5) is 5.69 Å². The smallest absolute Gasteiger partial charge is 0.255 e. The average Bonchev–Trinajstić information content (AvgIpc) is 2.61. The Labute approximate surface area is 158 Å². The van der Waals surface area contributed by atoms with Gasteiger partial charge in [-0.2, -0.15) is 0 Å². The number of benzene rings is 2. The molecule has 0 aliphatic carbocycles. The van der Waals surface area contributed by atoms with Gasteiger partial charge in [-0.05, 0) is 44.4 Å². The Balaban J connectivity index is 1.56. The van der Waals surface area contributed by atoms with Crippen LogP contribution < -0.4 is 5.73 Å². The van der Waals surface area contributed by atoms with E-state index in [-0.39, 0.29) is 5.91 Å². The molecule has 5 rings (SSSR count). The highest BCUT2D eigenvalue weighted by molar-refractivity contribution is 6.36. The Morgan fingerprint density at radius 1 is 1.15 bits per heavy atom. The van der Waals surface area contributed by atoms with Gasteiger partial charge in [0.2, 0.25) is 0 Å². The van der Waals surface area contributed by atoms with Gasteiger partial charge < -0.3 is 15.5 Å². The number of piperidine rings is 2. The molecule has 4 nitrogen and oxygen atoms in total. The first kappa shape index (κ1) is 16.4. The maximum absolute atomic E-state index is 13.4. The number of carbonyl (C=O) groups is 1. The average molecular weight is 370 g/mol. The minimum absolute atomic E-state index is 0.114. The molecule has 26 heavy (non-hydrogen) atoms. The molecule has 2 bridgehead atoms. The van der Waals surface area contributed by atoms with Crippen molar-refractivity contribution in [1.82, 2.24) is 9.80 Å². The molecule has 0 unspecified atom stereocenters. The first-order valence-corrected chi connectivity index (χ1v) is 9.95. The highest BCUT2D eigenvalue weighted by Gasteiger charge is 2.41. The highest BCUT2D eigenvalue weighted by Crippen LogP contribution is 2.41. The third-order valence-electron chi connectivity index (χ3n) is 6.83. The van der Waals surface area contributed by atoms with Gasteiger partial charge in [0.1, 0.15) is 0 Å². The number of halogens is 1. The van der Waals surface area contributed by atoms with Gasteiger partial charge >= 0.3 is 0 Å². The molecule has 3 aliphatic heterocycles. The summed E-state index contributed by atoms with van der Waals surface area (Å²) in [6.45, 7) is 0.679. The fourth-order valence-corrected chi connectivity index (χ4v) is 5.61. The molecule has 136 valence electrons. The van der Waals surface area contributed by atoms with Crippen LogP contribution in [0.2, 0.25) is 5.02 Å². The third kappa shape index (κ3) is 2.28. The summed E-state index contributed by atoms with van der Waals surface area (Å²) in [5, 5.41) is 2.36. The number of amides is 1. The Morgan fingerprint density at radius 3 is 2.62 bits per heavy atom. The van der Waals surface area contributed by atoms with Gasteiger partial charge in [0.15, 0.2) is 0 Å². The topological polar surface area (TPSA) is 49.6 Å². The first-order chi connectivity index (χ1) is 12.5. The van der Waals surface area contributed by atoms with Gasteiger partial charge in [0.25, 0.3) is 5.91 Å². The number of fused-ring (bicyclic) bond motifs is 2. The number of anilines is 1. The zero-order valence-corrected chi connectivity index (χ0v) is 15.8. The molecule has 2 N–H and O–H groups in total. The summed E-state index contributed by atoms with van der Waals surface area (Å²) in [7, 11) is 2.25. The van der Waals surface area contributed by atoms with Crippen LogP contribution in [0.1, 0.15) is 48.0 Å². The van der Waals surface area contributed by atoms with Gasteiger partial charge in [-0.1, -0.05) is 36.2 Å². The van der Waals surface area contributed by atoms with Crippen LogP contribution in [0.15, 0.2) is 24.3 Å². The summed E-state index contributed by atoms with van der Waals surface area (Å²) in [6, 6.07) is 9.40. The van der Waals surface area contributed by atoms with E-state index in [0.29, 0.717) is 40.9 Å². The fourth-order valence-electron chi connectivity index (χ4n) is 5.39. The zero-order chi connectivity index (χ0) is 18.0. The maximum atomic E-state index is 13.4. The van der Waals surface area contributed by atoms with E-state index in [4.69, 9.17) is 17.3 Å². The Kier molecular flexibility index (Phi) is 3.70. The molecule has 0 aromatic heterocycles. The van der Waals surface area contributed by atoms with Crippen molar-refractivity contribution in [1.29, 1.82) is 0 Å².